The van der Waals surface area contributed by atoms with Crippen LogP contribution in [0.25, 0.3) is 0 Å². The van der Waals surface area contributed by atoms with E-state index in [0.717, 1.165) is 0 Å². The third-order valence-corrected chi connectivity index (χ3v) is 2.95. The van der Waals surface area contributed by atoms with E-state index >= 15 is 0 Å². The molecule has 0 aliphatic rings. The second kappa shape index (κ2) is 3.36. The summed E-state index contributed by atoms with van der Waals surface area (Å²) in [4.78, 5) is -1.30. The van der Waals surface area contributed by atoms with Crippen molar-refractivity contribution in [3.05, 3.63) is 0 Å². The van der Waals surface area contributed by atoms with Gasteiger partial charge in [0.2, 0.25) is 0 Å². The summed E-state index contributed by atoms with van der Waals surface area (Å²) in [5.41, 5.74) is 0. The predicted molar refractivity (Wildman–Crippen MR) is 40.5 cm³/mol. The lowest BCUT2D eigenvalue weighted by atomic mass is 10.2. The summed E-state index contributed by atoms with van der Waals surface area (Å²) in [5, 5.41) is 0. The third-order valence-electron chi connectivity index (χ3n) is 0.716. The minimum Gasteiger partial charge on any atom is -0.125 e. The zero-order chi connectivity index (χ0) is 6.78. The quantitative estimate of drug-likeness (QED) is 0.595. The van der Waals surface area contributed by atoms with E-state index in [-0.39, 0.29) is 5.88 Å². The molecule has 0 amide bonds. The van der Waals surface area contributed by atoms with Gasteiger partial charge in [0.05, 0.1) is 4.87 Å². The summed E-state index contributed by atoms with van der Waals surface area (Å²) in [6.07, 6.45) is 0. The summed E-state index contributed by atoms with van der Waals surface area (Å²) in [6.45, 7) is 1.69. The molecule has 0 saturated carbocycles. The summed E-state index contributed by atoms with van der Waals surface area (Å²) in [7, 11) is 0. The van der Waals surface area contributed by atoms with Gasteiger partial charge in [-0.15, -0.1) is 46.4 Å². The van der Waals surface area contributed by atoms with Crippen molar-refractivity contribution in [3.63, 3.8) is 0 Å². The molecule has 0 bridgehead atoms. The van der Waals surface area contributed by atoms with Gasteiger partial charge in [0, 0.05) is 5.88 Å². The topological polar surface area (TPSA) is 0 Å². The molecule has 50 valence electrons. The van der Waals surface area contributed by atoms with Crippen molar-refractivity contribution >= 4 is 46.4 Å². The van der Waals surface area contributed by atoms with Crippen LogP contribution in [0.4, 0.5) is 0 Å². The lowest BCUT2D eigenvalue weighted by molar-refractivity contribution is 0.766. The van der Waals surface area contributed by atoms with Crippen LogP contribution in [0.2, 0.25) is 0 Å². The average Bonchev–Trinajstić information content (AvgIpc) is 1.67. The predicted octanol–water partition coefficient (Wildman–Crippen LogP) is 3.03. The first kappa shape index (κ1) is 9.16. The van der Waals surface area contributed by atoms with Gasteiger partial charge in [0.25, 0.3) is 0 Å². The fraction of sp³-hybridized carbons (Fsp3) is 1.00. The van der Waals surface area contributed by atoms with Crippen LogP contribution < -0.4 is 0 Å². The monoisotopic (exact) mass is 194 g/mol. The number of alkyl halides is 4. The van der Waals surface area contributed by atoms with E-state index in [4.69, 9.17) is 46.4 Å². The van der Waals surface area contributed by atoms with E-state index in [0.29, 0.717) is 0 Å². The number of rotatable bonds is 2. The number of hydrogen-bond acceptors (Lipinski definition) is 0. The Hall–Kier alpha value is 1.16. The maximum Gasteiger partial charge on any atom is 0.127 e. The van der Waals surface area contributed by atoms with Crippen molar-refractivity contribution < 1.29 is 0 Å². The smallest absolute Gasteiger partial charge is 0.125 e. The van der Waals surface area contributed by atoms with Gasteiger partial charge >= 0.3 is 0 Å². The standard InChI is InChI=1S/C4H6Cl4/c1-4(8,2-5)3(6)7/h3H,2H2,1H3. The Morgan fingerprint density at radius 2 is 1.88 bits per heavy atom. The van der Waals surface area contributed by atoms with E-state index < -0.39 is 9.71 Å². The van der Waals surface area contributed by atoms with E-state index in [1.54, 1.807) is 6.92 Å². The van der Waals surface area contributed by atoms with Crippen LogP contribution in [-0.2, 0) is 0 Å². The Balaban J connectivity index is 3.71. The first-order valence-electron chi connectivity index (χ1n) is 2.03. The van der Waals surface area contributed by atoms with Crippen LogP contribution in [0.1, 0.15) is 6.92 Å². The average molecular weight is 196 g/mol. The van der Waals surface area contributed by atoms with Gasteiger partial charge in [-0.3, -0.25) is 0 Å². The maximum atomic E-state index is 5.66. The summed E-state index contributed by atoms with van der Waals surface area (Å²) in [6, 6.07) is 0. The molecule has 1 atom stereocenters. The molecule has 0 heterocycles. The zero-order valence-electron chi connectivity index (χ0n) is 4.30. The molecule has 0 aliphatic carbocycles. The maximum absolute atomic E-state index is 5.66. The van der Waals surface area contributed by atoms with Crippen LogP contribution in [-0.4, -0.2) is 15.6 Å². The first-order valence-corrected chi connectivity index (χ1v) is 3.82. The van der Waals surface area contributed by atoms with E-state index in [2.05, 4.69) is 0 Å². The van der Waals surface area contributed by atoms with Crippen molar-refractivity contribution in [2.24, 2.45) is 0 Å². The summed E-state index contributed by atoms with van der Waals surface area (Å²) < 4.78 is 0. The Morgan fingerprint density at radius 1 is 1.50 bits per heavy atom. The van der Waals surface area contributed by atoms with Crippen molar-refractivity contribution in [1.29, 1.82) is 0 Å². The SMILES string of the molecule is CC(Cl)(CCl)C(Cl)Cl. The second-order valence-electron chi connectivity index (χ2n) is 1.71. The minimum atomic E-state index is -0.690. The minimum absolute atomic E-state index is 0.256. The normalized spacial score (nSPS) is 18.8. The molecule has 0 aromatic heterocycles. The molecule has 0 fully saturated rings. The highest BCUT2D eigenvalue weighted by Crippen LogP contribution is 2.27. The van der Waals surface area contributed by atoms with Gasteiger partial charge < -0.3 is 0 Å². The number of hydrogen-bond donors (Lipinski definition) is 0. The molecule has 0 radical (unpaired) electrons. The van der Waals surface area contributed by atoms with Gasteiger partial charge in [-0.1, -0.05) is 0 Å². The van der Waals surface area contributed by atoms with Crippen molar-refractivity contribution in [2.45, 2.75) is 16.6 Å². The fourth-order valence-corrected chi connectivity index (χ4v) is 0.525. The third kappa shape index (κ3) is 2.63. The molecule has 0 N–H and O–H groups in total. The Bertz CT molecular complexity index is 68.4. The van der Waals surface area contributed by atoms with Crippen LogP contribution in [0, 0.1) is 0 Å². The largest absolute Gasteiger partial charge is 0.127 e. The molecule has 0 aromatic rings. The van der Waals surface area contributed by atoms with Gasteiger partial charge in [0.1, 0.15) is 4.84 Å². The van der Waals surface area contributed by atoms with Crippen LogP contribution in [0.3, 0.4) is 0 Å². The molecular formula is C4H6Cl4. The molecule has 4 heteroatoms. The Kier molecular flexibility index (Phi) is 3.85. The molecular weight excluding hydrogens is 190 g/mol. The summed E-state index contributed by atoms with van der Waals surface area (Å²) in [5.74, 6) is 0.256. The lowest BCUT2D eigenvalue weighted by Gasteiger charge is -2.18. The van der Waals surface area contributed by atoms with Crippen molar-refractivity contribution in [1.82, 2.24) is 0 Å². The Morgan fingerprint density at radius 3 is 1.88 bits per heavy atom. The second-order valence-corrected chi connectivity index (χ2v) is 3.94. The van der Waals surface area contributed by atoms with Crippen LogP contribution in [0.5, 0.6) is 0 Å². The van der Waals surface area contributed by atoms with E-state index in [1.165, 1.54) is 0 Å². The Labute approximate surface area is 69.0 Å². The zero-order valence-corrected chi connectivity index (χ0v) is 7.32. The molecule has 0 spiro atoms. The van der Waals surface area contributed by atoms with Gasteiger partial charge in [-0.2, -0.15) is 0 Å². The van der Waals surface area contributed by atoms with Crippen LogP contribution >= 0.6 is 46.4 Å². The first-order chi connectivity index (χ1) is 3.50. The van der Waals surface area contributed by atoms with Crippen molar-refractivity contribution in [2.75, 3.05) is 5.88 Å². The van der Waals surface area contributed by atoms with Crippen molar-refractivity contribution in [3.8, 4) is 0 Å². The molecule has 0 nitrogen and oxygen atoms in total. The lowest BCUT2D eigenvalue weighted by Crippen LogP contribution is -2.26. The molecule has 1 unspecified atom stereocenters. The highest BCUT2D eigenvalue weighted by Gasteiger charge is 2.27. The van der Waals surface area contributed by atoms with Gasteiger partial charge in [0.15, 0.2) is 0 Å². The highest BCUT2D eigenvalue weighted by molar-refractivity contribution is 6.50. The molecule has 0 aromatic carbocycles. The van der Waals surface area contributed by atoms with Crippen LogP contribution in [0.15, 0.2) is 0 Å². The summed E-state index contributed by atoms with van der Waals surface area (Å²) >= 11 is 21.9. The number of halogens is 4. The van der Waals surface area contributed by atoms with Gasteiger partial charge in [-0.05, 0) is 6.92 Å². The van der Waals surface area contributed by atoms with Gasteiger partial charge in [-0.25, -0.2) is 0 Å². The molecule has 0 rings (SSSR count). The highest BCUT2D eigenvalue weighted by atomic mass is 35.5. The molecule has 0 aliphatic heterocycles. The molecule has 0 saturated heterocycles. The fourth-order valence-electron chi connectivity index (χ4n) is 0.0583. The van der Waals surface area contributed by atoms with E-state index in [1.807, 2.05) is 0 Å². The molecule has 8 heavy (non-hydrogen) atoms. The van der Waals surface area contributed by atoms with E-state index in [9.17, 15) is 0 Å².